The fraction of sp³-hybridized carbons (Fsp3) is 0.200. The number of ether oxygens (including phenoxy) is 1. The van der Waals surface area contributed by atoms with Gasteiger partial charge < -0.3 is 19.4 Å². The molecule has 0 aliphatic carbocycles. The number of fused-ring (bicyclic) bond motifs is 1. The summed E-state index contributed by atoms with van der Waals surface area (Å²) in [7, 11) is 0. The van der Waals surface area contributed by atoms with E-state index in [1.165, 1.54) is 16.7 Å². The molecule has 27 heavy (non-hydrogen) atoms. The second kappa shape index (κ2) is 7.67. The molecular formula is C20H18N2O4S. The molecule has 0 bridgehead atoms. The number of benzene rings is 1. The van der Waals surface area contributed by atoms with E-state index in [0.29, 0.717) is 18.0 Å². The van der Waals surface area contributed by atoms with E-state index < -0.39 is 0 Å². The maximum atomic E-state index is 12.4. The Kier molecular flexibility index (Phi) is 4.93. The number of hydrogen-bond donors (Lipinski definition) is 1. The van der Waals surface area contributed by atoms with Crippen LogP contribution in [0.1, 0.15) is 21.0 Å². The lowest BCUT2D eigenvalue weighted by Crippen LogP contribution is -2.38. The standard InChI is InChI=1S/C20H18N2O4S/c23-19(22-8-6-18-14(12-22)7-10-27-18)13-26-16-4-1-3-15(11-16)21-20(24)17-5-2-9-25-17/h1-5,7,9-11H,6,8,12-13H2,(H,21,24). The van der Waals surface area contributed by atoms with Gasteiger partial charge in [-0.05, 0) is 47.7 Å². The minimum Gasteiger partial charge on any atom is -0.484 e. The highest BCUT2D eigenvalue weighted by molar-refractivity contribution is 7.10. The Bertz CT molecular complexity index is 949. The Balaban J connectivity index is 1.33. The maximum absolute atomic E-state index is 12.4. The molecule has 7 heteroatoms. The van der Waals surface area contributed by atoms with Crippen LogP contribution in [0.5, 0.6) is 5.75 Å². The maximum Gasteiger partial charge on any atom is 0.291 e. The smallest absolute Gasteiger partial charge is 0.291 e. The van der Waals surface area contributed by atoms with E-state index in [2.05, 4.69) is 16.8 Å². The van der Waals surface area contributed by atoms with Gasteiger partial charge in [0.2, 0.25) is 0 Å². The van der Waals surface area contributed by atoms with Gasteiger partial charge in [0.25, 0.3) is 11.8 Å². The van der Waals surface area contributed by atoms with Gasteiger partial charge in [-0.25, -0.2) is 0 Å². The highest BCUT2D eigenvalue weighted by Gasteiger charge is 2.21. The van der Waals surface area contributed by atoms with Crippen LogP contribution in [-0.4, -0.2) is 29.9 Å². The molecule has 0 fully saturated rings. The van der Waals surface area contributed by atoms with Gasteiger partial charge in [0.05, 0.1) is 6.26 Å². The third kappa shape index (κ3) is 4.03. The van der Waals surface area contributed by atoms with Crippen LogP contribution in [0.15, 0.2) is 58.5 Å². The van der Waals surface area contributed by atoms with Crippen molar-refractivity contribution in [2.24, 2.45) is 0 Å². The Morgan fingerprint density at radius 3 is 3.00 bits per heavy atom. The van der Waals surface area contributed by atoms with Gasteiger partial charge in [-0.15, -0.1) is 11.3 Å². The van der Waals surface area contributed by atoms with E-state index in [1.807, 2.05) is 4.90 Å². The molecule has 2 amide bonds. The molecule has 0 saturated carbocycles. The first-order valence-corrected chi connectivity index (χ1v) is 9.48. The van der Waals surface area contributed by atoms with Crippen molar-refractivity contribution in [2.45, 2.75) is 13.0 Å². The Labute approximate surface area is 160 Å². The fourth-order valence-electron chi connectivity index (χ4n) is 2.96. The summed E-state index contributed by atoms with van der Waals surface area (Å²) in [6.45, 7) is 1.32. The molecule has 2 aromatic heterocycles. The van der Waals surface area contributed by atoms with E-state index in [-0.39, 0.29) is 24.2 Å². The molecule has 138 valence electrons. The van der Waals surface area contributed by atoms with Crippen molar-refractivity contribution in [3.8, 4) is 5.75 Å². The average molecular weight is 382 g/mol. The lowest BCUT2D eigenvalue weighted by molar-refractivity contribution is -0.134. The zero-order valence-electron chi connectivity index (χ0n) is 14.5. The van der Waals surface area contributed by atoms with Crippen molar-refractivity contribution >= 4 is 28.8 Å². The van der Waals surface area contributed by atoms with E-state index in [0.717, 1.165) is 13.0 Å². The number of nitrogens with zero attached hydrogens (tertiary/aromatic N) is 1. The number of hydrogen-bond acceptors (Lipinski definition) is 5. The molecule has 0 atom stereocenters. The molecule has 0 unspecified atom stereocenters. The molecular weight excluding hydrogens is 364 g/mol. The van der Waals surface area contributed by atoms with Gasteiger partial charge in [0, 0.05) is 29.7 Å². The highest BCUT2D eigenvalue weighted by atomic mass is 32.1. The van der Waals surface area contributed by atoms with Crippen LogP contribution in [0.25, 0.3) is 0 Å². The van der Waals surface area contributed by atoms with Crippen molar-refractivity contribution in [1.82, 2.24) is 4.90 Å². The molecule has 3 aromatic rings. The molecule has 0 radical (unpaired) electrons. The number of rotatable bonds is 5. The Morgan fingerprint density at radius 2 is 2.15 bits per heavy atom. The third-order valence-electron chi connectivity index (χ3n) is 4.36. The molecule has 1 aromatic carbocycles. The summed E-state index contributed by atoms with van der Waals surface area (Å²) < 4.78 is 10.7. The third-order valence-corrected chi connectivity index (χ3v) is 5.38. The number of carbonyl (C=O) groups is 2. The van der Waals surface area contributed by atoms with Gasteiger partial charge in [0.1, 0.15) is 5.75 Å². The molecule has 6 nitrogen and oxygen atoms in total. The van der Waals surface area contributed by atoms with Gasteiger partial charge in [-0.3, -0.25) is 9.59 Å². The fourth-order valence-corrected chi connectivity index (χ4v) is 3.85. The minimum atomic E-state index is -0.340. The number of nitrogens with one attached hydrogen (secondary N) is 1. The molecule has 1 N–H and O–H groups in total. The largest absolute Gasteiger partial charge is 0.484 e. The summed E-state index contributed by atoms with van der Waals surface area (Å²) in [5.74, 6) is 0.369. The summed E-state index contributed by atoms with van der Waals surface area (Å²) in [6, 6.07) is 12.3. The van der Waals surface area contributed by atoms with Crippen LogP contribution in [0.3, 0.4) is 0 Å². The zero-order valence-corrected chi connectivity index (χ0v) is 15.3. The van der Waals surface area contributed by atoms with Gasteiger partial charge in [-0.2, -0.15) is 0 Å². The van der Waals surface area contributed by atoms with Crippen LogP contribution < -0.4 is 10.1 Å². The van der Waals surface area contributed by atoms with Crippen molar-refractivity contribution in [1.29, 1.82) is 0 Å². The number of carbonyl (C=O) groups excluding carboxylic acids is 2. The summed E-state index contributed by atoms with van der Waals surface area (Å²) in [4.78, 5) is 27.7. The van der Waals surface area contributed by atoms with Gasteiger partial charge in [-0.1, -0.05) is 6.07 Å². The van der Waals surface area contributed by atoms with Crippen LogP contribution in [0.2, 0.25) is 0 Å². The van der Waals surface area contributed by atoms with E-state index in [1.54, 1.807) is 47.7 Å². The number of thiophene rings is 1. The zero-order chi connectivity index (χ0) is 18.6. The monoisotopic (exact) mass is 382 g/mol. The normalized spacial score (nSPS) is 13.1. The first kappa shape index (κ1) is 17.4. The SMILES string of the molecule is O=C(Nc1cccc(OCC(=O)N2CCc3sccc3C2)c1)c1ccco1. The minimum absolute atomic E-state index is 0.0327. The quantitative estimate of drug-likeness (QED) is 0.732. The molecule has 1 aliphatic rings. The van der Waals surface area contributed by atoms with E-state index >= 15 is 0 Å². The van der Waals surface area contributed by atoms with Crippen molar-refractivity contribution in [3.63, 3.8) is 0 Å². The lowest BCUT2D eigenvalue weighted by Gasteiger charge is -2.27. The summed E-state index contributed by atoms with van der Waals surface area (Å²) >= 11 is 1.74. The summed E-state index contributed by atoms with van der Waals surface area (Å²) in [6.07, 6.45) is 2.34. The summed E-state index contributed by atoms with van der Waals surface area (Å²) in [5.41, 5.74) is 1.80. The van der Waals surface area contributed by atoms with E-state index in [4.69, 9.17) is 9.15 Å². The number of furan rings is 1. The van der Waals surface area contributed by atoms with E-state index in [9.17, 15) is 9.59 Å². The average Bonchev–Trinajstić information content (AvgIpc) is 3.37. The molecule has 0 spiro atoms. The summed E-state index contributed by atoms with van der Waals surface area (Å²) in [5, 5.41) is 4.80. The van der Waals surface area contributed by atoms with Crippen LogP contribution in [-0.2, 0) is 17.8 Å². The number of amides is 2. The van der Waals surface area contributed by atoms with Gasteiger partial charge >= 0.3 is 0 Å². The van der Waals surface area contributed by atoms with Gasteiger partial charge in [0.15, 0.2) is 12.4 Å². The van der Waals surface area contributed by atoms with Crippen LogP contribution in [0.4, 0.5) is 5.69 Å². The van der Waals surface area contributed by atoms with Crippen LogP contribution in [0, 0.1) is 0 Å². The van der Waals surface area contributed by atoms with Crippen molar-refractivity contribution < 1.29 is 18.7 Å². The molecule has 4 rings (SSSR count). The number of anilines is 1. The predicted octanol–water partition coefficient (Wildman–Crippen LogP) is 3.56. The predicted molar refractivity (Wildman–Crippen MR) is 102 cm³/mol. The van der Waals surface area contributed by atoms with Crippen molar-refractivity contribution in [2.75, 3.05) is 18.5 Å². The Hall–Kier alpha value is -3.06. The Morgan fingerprint density at radius 1 is 1.22 bits per heavy atom. The molecule has 3 heterocycles. The topological polar surface area (TPSA) is 71.8 Å². The lowest BCUT2D eigenvalue weighted by atomic mass is 10.1. The second-order valence-electron chi connectivity index (χ2n) is 6.18. The first-order chi connectivity index (χ1) is 13.2. The molecule has 1 aliphatic heterocycles. The first-order valence-electron chi connectivity index (χ1n) is 8.60. The van der Waals surface area contributed by atoms with Crippen molar-refractivity contribution in [3.05, 3.63) is 70.3 Å². The highest BCUT2D eigenvalue weighted by Crippen LogP contribution is 2.24. The molecule has 0 saturated heterocycles. The second-order valence-corrected chi connectivity index (χ2v) is 7.18. The van der Waals surface area contributed by atoms with Crippen LogP contribution >= 0.6 is 11.3 Å².